The molecule has 0 aliphatic heterocycles. The van der Waals surface area contributed by atoms with Crippen LogP contribution in [-0.2, 0) is 4.79 Å². The van der Waals surface area contributed by atoms with Crippen LogP contribution in [0, 0.1) is 5.92 Å². The van der Waals surface area contributed by atoms with Crippen LogP contribution in [0.3, 0.4) is 0 Å². The third kappa shape index (κ3) is 9.26. The molecule has 1 unspecified atom stereocenters. The molecule has 0 saturated heterocycles. The quantitative estimate of drug-likeness (QED) is 0.384. The molecule has 18 heavy (non-hydrogen) atoms. The maximum Gasteiger partial charge on any atom is 0.330 e. The number of hydrogen-bond donors (Lipinski definition) is 1. The molecular weight excluding hydrogens is 224 g/mol. The minimum Gasteiger partial charge on any atom is -0.478 e. The third-order valence-electron chi connectivity index (χ3n) is 3.59. The number of carbonyl (C=O) groups is 1. The number of carboxylic acids is 1. The van der Waals surface area contributed by atoms with E-state index in [1.807, 2.05) is 0 Å². The van der Waals surface area contributed by atoms with Gasteiger partial charge in [-0.15, -0.1) is 0 Å². The average molecular weight is 254 g/mol. The second-order valence-corrected chi connectivity index (χ2v) is 5.30. The Balaban J connectivity index is 3.90. The Kier molecular flexibility index (Phi) is 10.8. The third-order valence-corrected chi connectivity index (χ3v) is 3.59. The van der Waals surface area contributed by atoms with E-state index in [1.54, 1.807) is 0 Å². The van der Waals surface area contributed by atoms with Crippen molar-refractivity contribution in [2.24, 2.45) is 5.92 Å². The van der Waals surface area contributed by atoms with E-state index in [0.29, 0.717) is 17.9 Å². The van der Waals surface area contributed by atoms with Crippen LogP contribution in [0.1, 0.15) is 78.1 Å². The van der Waals surface area contributed by atoms with Gasteiger partial charge in [-0.25, -0.2) is 4.79 Å². The highest BCUT2D eigenvalue weighted by Crippen LogP contribution is 2.23. The summed E-state index contributed by atoms with van der Waals surface area (Å²) in [5, 5.41) is 8.82. The Labute approximate surface area is 112 Å². The predicted molar refractivity (Wildman–Crippen MR) is 77.8 cm³/mol. The first kappa shape index (κ1) is 17.2. The van der Waals surface area contributed by atoms with Crippen LogP contribution in [0.25, 0.3) is 0 Å². The van der Waals surface area contributed by atoms with Gasteiger partial charge in [0.15, 0.2) is 0 Å². The van der Waals surface area contributed by atoms with Gasteiger partial charge in [0.2, 0.25) is 0 Å². The van der Waals surface area contributed by atoms with Gasteiger partial charge >= 0.3 is 5.97 Å². The van der Waals surface area contributed by atoms with Crippen molar-refractivity contribution in [3.8, 4) is 0 Å². The number of hydrogen-bond acceptors (Lipinski definition) is 1. The van der Waals surface area contributed by atoms with E-state index in [1.165, 1.54) is 51.4 Å². The van der Waals surface area contributed by atoms with Gasteiger partial charge in [-0.05, 0) is 18.8 Å². The molecule has 2 nitrogen and oxygen atoms in total. The zero-order valence-corrected chi connectivity index (χ0v) is 12.2. The maximum absolute atomic E-state index is 10.7. The van der Waals surface area contributed by atoms with Crippen LogP contribution in [0.4, 0.5) is 0 Å². The smallest absolute Gasteiger partial charge is 0.330 e. The van der Waals surface area contributed by atoms with Crippen LogP contribution in [0.15, 0.2) is 12.2 Å². The lowest BCUT2D eigenvalue weighted by atomic mass is 9.90. The van der Waals surface area contributed by atoms with Gasteiger partial charge in [0.1, 0.15) is 0 Å². The zero-order valence-electron chi connectivity index (χ0n) is 12.2. The van der Waals surface area contributed by atoms with Gasteiger partial charge in [-0.2, -0.15) is 0 Å². The van der Waals surface area contributed by atoms with Crippen LogP contribution < -0.4 is 0 Å². The van der Waals surface area contributed by atoms with E-state index < -0.39 is 5.97 Å². The Hall–Kier alpha value is -0.790. The maximum atomic E-state index is 10.7. The molecule has 0 fully saturated rings. The molecule has 0 aromatic carbocycles. The highest BCUT2D eigenvalue weighted by molar-refractivity contribution is 5.85. The van der Waals surface area contributed by atoms with Crippen molar-refractivity contribution >= 4 is 5.97 Å². The normalized spacial score (nSPS) is 12.3. The van der Waals surface area contributed by atoms with Gasteiger partial charge < -0.3 is 5.11 Å². The number of unbranched alkanes of at least 4 members (excludes halogenated alkanes) is 4. The number of aliphatic carboxylic acids is 1. The molecular formula is C16H30O2. The van der Waals surface area contributed by atoms with E-state index in [4.69, 9.17) is 5.11 Å². The standard InChI is InChI=1S/C16H30O2/c1-4-6-8-9-11-15(10-7-5-2)13-12-14(3)16(17)18/h15H,3-13H2,1-2H3,(H,17,18). The highest BCUT2D eigenvalue weighted by atomic mass is 16.4. The first-order chi connectivity index (χ1) is 8.61. The summed E-state index contributed by atoms with van der Waals surface area (Å²) in [7, 11) is 0. The fraction of sp³-hybridized carbons (Fsp3) is 0.812. The van der Waals surface area contributed by atoms with E-state index >= 15 is 0 Å². The van der Waals surface area contributed by atoms with Crippen molar-refractivity contribution in [3.05, 3.63) is 12.2 Å². The fourth-order valence-electron chi connectivity index (χ4n) is 2.27. The lowest BCUT2D eigenvalue weighted by Crippen LogP contribution is -2.05. The van der Waals surface area contributed by atoms with Gasteiger partial charge in [0.25, 0.3) is 0 Å². The van der Waals surface area contributed by atoms with Gasteiger partial charge in [-0.3, -0.25) is 0 Å². The molecule has 0 aromatic rings. The molecule has 2 heteroatoms. The van der Waals surface area contributed by atoms with Crippen LogP contribution in [0.5, 0.6) is 0 Å². The van der Waals surface area contributed by atoms with Crippen molar-refractivity contribution in [3.63, 3.8) is 0 Å². The van der Waals surface area contributed by atoms with E-state index in [2.05, 4.69) is 20.4 Å². The Morgan fingerprint density at radius 1 is 1.00 bits per heavy atom. The van der Waals surface area contributed by atoms with E-state index in [9.17, 15) is 4.79 Å². The zero-order chi connectivity index (χ0) is 13.8. The van der Waals surface area contributed by atoms with Crippen molar-refractivity contribution < 1.29 is 9.90 Å². The summed E-state index contributed by atoms with van der Waals surface area (Å²) in [6, 6.07) is 0. The topological polar surface area (TPSA) is 37.3 Å². The fourth-order valence-corrected chi connectivity index (χ4v) is 2.27. The second kappa shape index (κ2) is 11.3. The summed E-state index contributed by atoms with van der Waals surface area (Å²) < 4.78 is 0. The molecule has 0 spiro atoms. The van der Waals surface area contributed by atoms with Crippen LogP contribution >= 0.6 is 0 Å². The van der Waals surface area contributed by atoms with Gasteiger partial charge in [0, 0.05) is 5.57 Å². The lowest BCUT2D eigenvalue weighted by Gasteiger charge is -2.16. The number of carboxylic acid groups (broad SMARTS) is 1. The van der Waals surface area contributed by atoms with Crippen molar-refractivity contribution in [2.45, 2.75) is 78.1 Å². The molecule has 0 aliphatic rings. The number of rotatable bonds is 12. The predicted octanol–water partition coefficient (Wildman–Crippen LogP) is 5.18. The van der Waals surface area contributed by atoms with E-state index in [-0.39, 0.29) is 0 Å². The Morgan fingerprint density at radius 3 is 2.17 bits per heavy atom. The van der Waals surface area contributed by atoms with Crippen molar-refractivity contribution in [1.29, 1.82) is 0 Å². The molecule has 0 heterocycles. The molecule has 1 atom stereocenters. The average Bonchev–Trinajstić information content (AvgIpc) is 2.36. The molecule has 0 rings (SSSR count). The SMILES string of the molecule is C=C(CCC(CCCC)CCCCCC)C(=O)O. The summed E-state index contributed by atoms with van der Waals surface area (Å²) in [4.78, 5) is 10.7. The molecule has 106 valence electrons. The first-order valence-corrected chi connectivity index (χ1v) is 7.52. The van der Waals surface area contributed by atoms with Crippen molar-refractivity contribution in [2.75, 3.05) is 0 Å². The molecule has 0 saturated carbocycles. The molecule has 0 amide bonds. The first-order valence-electron chi connectivity index (χ1n) is 7.52. The molecule has 0 radical (unpaired) electrons. The molecule has 0 bridgehead atoms. The largest absolute Gasteiger partial charge is 0.478 e. The van der Waals surface area contributed by atoms with E-state index in [0.717, 1.165) is 6.42 Å². The Bertz CT molecular complexity index is 233. The minimum atomic E-state index is -0.838. The van der Waals surface area contributed by atoms with Gasteiger partial charge in [0.05, 0.1) is 0 Å². The van der Waals surface area contributed by atoms with Gasteiger partial charge in [-0.1, -0.05) is 71.8 Å². The second-order valence-electron chi connectivity index (χ2n) is 5.30. The molecule has 0 aliphatic carbocycles. The summed E-state index contributed by atoms with van der Waals surface area (Å²) in [5.74, 6) is -0.145. The molecule has 0 aromatic heterocycles. The van der Waals surface area contributed by atoms with Crippen molar-refractivity contribution in [1.82, 2.24) is 0 Å². The lowest BCUT2D eigenvalue weighted by molar-refractivity contribution is -0.132. The van der Waals surface area contributed by atoms with Crippen LogP contribution in [0.2, 0.25) is 0 Å². The summed E-state index contributed by atoms with van der Waals surface area (Å²) in [6.07, 6.45) is 11.8. The van der Waals surface area contributed by atoms with Crippen LogP contribution in [-0.4, -0.2) is 11.1 Å². The summed E-state index contributed by atoms with van der Waals surface area (Å²) in [6.45, 7) is 8.06. The molecule has 1 N–H and O–H groups in total. The monoisotopic (exact) mass is 254 g/mol. The summed E-state index contributed by atoms with van der Waals surface area (Å²) in [5.41, 5.74) is 0.366. The summed E-state index contributed by atoms with van der Waals surface area (Å²) >= 11 is 0. The minimum absolute atomic E-state index is 0.366. The highest BCUT2D eigenvalue weighted by Gasteiger charge is 2.11. The Morgan fingerprint density at radius 2 is 1.61 bits per heavy atom.